The molecule has 0 aliphatic carbocycles. The van der Waals surface area contributed by atoms with E-state index in [1.165, 1.54) is 18.2 Å². The van der Waals surface area contributed by atoms with E-state index in [1.807, 2.05) is 0 Å². The third-order valence-electron chi connectivity index (χ3n) is 3.31. The summed E-state index contributed by atoms with van der Waals surface area (Å²) in [5.41, 5.74) is -0.382. The van der Waals surface area contributed by atoms with Crippen molar-refractivity contribution in [2.75, 3.05) is 0 Å². The number of alkyl halides is 3. The Morgan fingerprint density at radius 2 is 1.67 bits per heavy atom. The van der Waals surface area contributed by atoms with Crippen molar-refractivity contribution in [1.29, 1.82) is 0 Å². The maximum absolute atomic E-state index is 14.0. The minimum Gasteiger partial charge on any atom is -0.384 e. The smallest absolute Gasteiger partial charge is 0.384 e. The highest BCUT2D eigenvalue weighted by Crippen LogP contribution is 2.37. The third kappa shape index (κ3) is 3.08. The van der Waals surface area contributed by atoms with Crippen LogP contribution in [0.5, 0.6) is 0 Å². The maximum atomic E-state index is 14.0. The first-order valence-corrected chi connectivity index (χ1v) is 6.32. The SMILES string of the molecule is Cc1cc(C)c(C(O)c2ccccc2C(F)(F)F)c(F)c1. The van der Waals surface area contributed by atoms with Gasteiger partial charge in [-0.05, 0) is 42.7 Å². The van der Waals surface area contributed by atoms with E-state index in [1.54, 1.807) is 19.9 Å². The van der Waals surface area contributed by atoms with Gasteiger partial charge < -0.3 is 5.11 Å². The summed E-state index contributed by atoms with van der Waals surface area (Å²) in [4.78, 5) is 0. The van der Waals surface area contributed by atoms with Gasteiger partial charge in [-0.3, -0.25) is 0 Å². The predicted molar refractivity (Wildman–Crippen MR) is 71.4 cm³/mol. The van der Waals surface area contributed by atoms with Crippen molar-refractivity contribution < 1.29 is 22.7 Å². The topological polar surface area (TPSA) is 20.2 Å². The highest BCUT2D eigenvalue weighted by molar-refractivity contribution is 5.42. The lowest BCUT2D eigenvalue weighted by atomic mass is 9.92. The monoisotopic (exact) mass is 298 g/mol. The molecule has 21 heavy (non-hydrogen) atoms. The minimum absolute atomic E-state index is 0.127. The van der Waals surface area contributed by atoms with Crippen molar-refractivity contribution >= 4 is 0 Å². The van der Waals surface area contributed by atoms with Gasteiger partial charge in [0, 0.05) is 5.56 Å². The molecule has 1 nitrogen and oxygen atoms in total. The zero-order valence-electron chi connectivity index (χ0n) is 11.5. The van der Waals surface area contributed by atoms with Crippen molar-refractivity contribution in [3.05, 3.63) is 70.0 Å². The van der Waals surface area contributed by atoms with E-state index >= 15 is 0 Å². The molecule has 2 rings (SSSR count). The van der Waals surface area contributed by atoms with Crippen LogP contribution in [0.4, 0.5) is 17.6 Å². The number of aliphatic hydroxyl groups excluding tert-OH is 1. The number of aliphatic hydroxyl groups is 1. The summed E-state index contributed by atoms with van der Waals surface area (Å²) in [6.45, 7) is 3.24. The standard InChI is InChI=1S/C16H14F4O/c1-9-7-10(2)14(13(17)8-9)15(21)11-5-3-4-6-12(11)16(18,19)20/h3-8,15,21H,1-2H3. The molecule has 0 saturated carbocycles. The Labute approximate surface area is 119 Å². The number of benzene rings is 2. The van der Waals surface area contributed by atoms with Crippen LogP contribution >= 0.6 is 0 Å². The largest absolute Gasteiger partial charge is 0.416 e. The first-order valence-electron chi connectivity index (χ1n) is 6.32. The summed E-state index contributed by atoms with van der Waals surface area (Å²) in [6, 6.07) is 7.47. The molecule has 0 aliphatic rings. The fourth-order valence-electron chi connectivity index (χ4n) is 2.42. The normalized spacial score (nSPS) is 13.3. The molecule has 1 unspecified atom stereocenters. The van der Waals surface area contributed by atoms with E-state index in [2.05, 4.69) is 0 Å². The summed E-state index contributed by atoms with van der Waals surface area (Å²) in [5, 5.41) is 10.2. The zero-order valence-corrected chi connectivity index (χ0v) is 11.5. The van der Waals surface area contributed by atoms with Gasteiger partial charge >= 0.3 is 6.18 Å². The summed E-state index contributed by atoms with van der Waals surface area (Å²) in [7, 11) is 0. The zero-order chi connectivity index (χ0) is 15.8. The average molecular weight is 298 g/mol. The van der Waals surface area contributed by atoms with Gasteiger partial charge in [-0.15, -0.1) is 0 Å². The van der Waals surface area contributed by atoms with Crippen LogP contribution < -0.4 is 0 Å². The van der Waals surface area contributed by atoms with Crippen molar-refractivity contribution in [3.8, 4) is 0 Å². The average Bonchev–Trinajstić information content (AvgIpc) is 2.36. The van der Waals surface area contributed by atoms with Crippen molar-refractivity contribution in [2.24, 2.45) is 0 Å². The molecule has 0 fully saturated rings. The van der Waals surface area contributed by atoms with E-state index in [0.29, 0.717) is 11.1 Å². The predicted octanol–water partition coefficient (Wildman–Crippen LogP) is 4.54. The Hall–Kier alpha value is -1.88. The van der Waals surface area contributed by atoms with Crippen molar-refractivity contribution in [1.82, 2.24) is 0 Å². The Morgan fingerprint density at radius 3 is 2.24 bits per heavy atom. The molecule has 0 radical (unpaired) electrons. The molecule has 0 heterocycles. The van der Waals surface area contributed by atoms with Gasteiger partial charge in [0.25, 0.3) is 0 Å². The quantitative estimate of drug-likeness (QED) is 0.807. The van der Waals surface area contributed by atoms with Crippen LogP contribution in [0.2, 0.25) is 0 Å². The second-order valence-electron chi connectivity index (χ2n) is 4.96. The molecule has 0 bridgehead atoms. The Balaban J connectivity index is 2.59. The van der Waals surface area contributed by atoms with E-state index in [-0.39, 0.29) is 11.1 Å². The fraction of sp³-hybridized carbons (Fsp3) is 0.250. The third-order valence-corrected chi connectivity index (χ3v) is 3.31. The second-order valence-corrected chi connectivity index (χ2v) is 4.96. The molecule has 1 atom stereocenters. The minimum atomic E-state index is -4.60. The lowest BCUT2D eigenvalue weighted by Gasteiger charge is -2.20. The highest BCUT2D eigenvalue weighted by atomic mass is 19.4. The van der Waals surface area contributed by atoms with Crippen LogP contribution in [0.25, 0.3) is 0 Å². The van der Waals surface area contributed by atoms with Crippen LogP contribution in [0.15, 0.2) is 36.4 Å². The van der Waals surface area contributed by atoms with Crippen molar-refractivity contribution in [3.63, 3.8) is 0 Å². The number of hydrogen-bond donors (Lipinski definition) is 1. The fourth-order valence-corrected chi connectivity index (χ4v) is 2.42. The molecule has 0 spiro atoms. The lowest BCUT2D eigenvalue weighted by molar-refractivity contribution is -0.139. The van der Waals surface area contributed by atoms with Gasteiger partial charge in [-0.1, -0.05) is 24.3 Å². The molecule has 0 aromatic heterocycles. The first-order chi connectivity index (χ1) is 9.71. The van der Waals surface area contributed by atoms with E-state index in [9.17, 15) is 22.7 Å². The molecule has 0 aliphatic heterocycles. The summed E-state index contributed by atoms with van der Waals surface area (Å²) < 4.78 is 53.0. The molecule has 2 aromatic rings. The van der Waals surface area contributed by atoms with Gasteiger partial charge in [-0.2, -0.15) is 13.2 Å². The van der Waals surface area contributed by atoms with Gasteiger partial charge in [-0.25, -0.2) is 4.39 Å². The van der Waals surface area contributed by atoms with Crippen molar-refractivity contribution in [2.45, 2.75) is 26.1 Å². The highest BCUT2D eigenvalue weighted by Gasteiger charge is 2.35. The molecule has 112 valence electrons. The second kappa shape index (κ2) is 5.48. The maximum Gasteiger partial charge on any atom is 0.416 e. The van der Waals surface area contributed by atoms with Gasteiger partial charge in [0.15, 0.2) is 0 Å². The number of aryl methyl sites for hydroxylation is 2. The molecule has 0 saturated heterocycles. The van der Waals surface area contributed by atoms with Crippen LogP contribution in [-0.2, 0) is 6.18 Å². The summed E-state index contributed by atoms with van der Waals surface area (Å²) in [6.07, 6.45) is -6.27. The molecule has 5 heteroatoms. The molecule has 1 N–H and O–H groups in total. The Kier molecular flexibility index (Phi) is 4.05. The first kappa shape index (κ1) is 15.5. The number of rotatable bonds is 2. The van der Waals surface area contributed by atoms with Gasteiger partial charge in [0.05, 0.1) is 5.56 Å². The number of hydrogen-bond acceptors (Lipinski definition) is 1. The van der Waals surface area contributed by atoms with Crippen LogP contribution in [-0.4, -0.2) is 5.11 Å². The Morgan fingerprint density at radius 1 is 1.05 bits per heavy atom. The number of halogens is 4. The molecule has 2 aromatic carbocycles. The van der Waals surface area contributed by atoms with Crippen LogP contribution in [0.1, 0.15) is 33.9 Å². The molecular formula is C16H14F4O. The van der Waals surface area contributed by atoms with Gasteiger partial charge in [0.2, 0.25) is 0 Å². The molecule has 0 amide bonds. The molecular weight excluding hydrogens is 284 g/mol. The summed E-state index contributed by atoms with van der Waals surface area (Å²) in [5.74, 6) is -0.711. The van der Waals surface area contributed by atoms with Crippen LogP contribution in [0.3, 0.4) is 0 Å². The van der Waals surface area contributed by atoms with Crippen LogP contribution in [0, 0.1) is 19.7 Å². The van der Waals surface area contributed by atoms with Gasteiger partial charge in [0.1, 0.15) is 11.9 Å². The Bertz CT molecular complexity index is 639. The van der Waals surface area contributed by atoms with E-state index in [0.717, 1.165) is 12.1 Å². The summed E-state index contributed by atoms with van der Waals surface area (Å²) >= 11 is 0. The van der Waals surface area contributed by atoms with E-state index in [4.69, 9.17) is 0 Å². The lowest BCUT2D eigenvalue weighted by Crippen LogP contribution is -2.14. The van der Waals surface area contributed by atoms with E-state index < -0.39 is 23.7 Å².